The molecule has 1 aliphatic rings. The zero-order valence-corrected chi connectivity index (χ0v) is 11.6. The molecule has 1 aliphatic carbocycles. The van der Waals surface area contributed by atoms with Crippen molar-refractivity contribution in [2.45, 2.75) is 45.6 Å². The van der Waals surface area contributed by atoms with Gasteiger partial charge in [0.15, 0.2) is 0 Å². The Balaban J connectivity index is 2.00. The molecule has 4 heteroatoms. The Morgan fingerprint density at radius 2 is 2.28 bits per heavy atom. The van der Waals surface area contributed by atoms with Crippen molar-refractivity contribution in [3.8, 4) is 0 Å². The van der Waals surface area contributed by atoms with E-state index in [1.165, 1.54) is 12.8 Å². The second-order valence-corrected chi connectivity index (χ2v) is 5.46. The van der Waals surface area contributed by atoms with Crippen molar-refractivity contribution in [3.05, 3.63) is 28.5 Å². The number of nitrogens with one attached hydrogen (secondary N) is 1. The molecule has 0 radical (unpaired) electrons. The second-order valence-electron chi connectivity index (χ2n) is 5.08. The predicted molar refractivity (Wildman–Crippen MR) is 72.9 cm³/mol. The molecule has 0 spiro atoms. The Hall–Kier alpha value is -1.09. The first-order chi connectivity index (χ1) is 8.58. The minimum Gasteiger partial charge on any atom is -0.350 e. The summed E-state index contributed by atoms with van der Waals surface area (Å²) in [5.74, 6) is 0.759. The zero-order chi connectivity index (χ0) is 13.1. The molecular weight excluding hydrogens is 248 g/mol. The molecule has 1 N–H and O–H groups in total. The maximum atomic E-state index is 12.1. The largest absolute Gasteiger partial charge is 0.350 e. The van der Waals surface area contributed by atoms with Gasteiger partial charge in [-0.2, -0.15) is 0 Å². The van der Waals surface area contributed by atoms with Gasteiger partial charge in [0, 0.05) is 17.3 Å². The smallest absolute Gasteiger partial charge is 0.251 e. The van der Waals surface area contributed by atoms with Gasteiger partial charge < -0.3 is 5.32 Å². The molecule has 18 heavy (non-hydrogen) atoms. The minimum atomic E-state index is -0.0536. The molecule has 1 unspecified atom stereocenters. The summed E-state index contributed by atoms with van der Waals surface area (Å²) >= 11 is 5.91. The van der Waals surface area contributed by atoms with Crippen LogP contribution in [0.1, 0.15) is 49.2 Å². The van der Waals surface area contributed by atoms with E-state index in [1.807, 2.05) is 13.0 Å². The molecule has 0 aliphatic heterocycles. The quantitative estimate of drug-likeness (QED) is 0.832. The van der Waals surface area contributed by atoms with Gasteiger partial charge in [0.2, 0.25) is 0 Å². The molecule has 0 saturated heterocycles. The van der Waals surface area contributed by atoms with Gasteiger partial charge in [-0.05, 0) is 37.8 Å². The van der Waals surface area contributed by atoms with Crippen molar-refractivity contribution >= 4 is 17.5 Å². The summed E-state index contributed by atoms with van der Waals surface area (Å²) in [6.45, 7) is 4.05. The Morgan fingerprint density at radius 3 is 2.89 bits per heavy atom. The number of carbonyl (C=O) groups is 1. The Bertz CT molecular complexity index is 443. The number of rotatable bonds is 5. The van der Waals surface area contributed by atoms with E-state index in [0.29, 0.717) is 10.7 Å². The van der Waals surface area contributed by atoms with Gasteiger partial charge in [0.1, 0.15) is 5.15 Å². The van der Waals surface area contributed by atoms with Gasteiger partial charge in [0.05, 0.1) is 0 Å². The van der Waals surface area contributed by atoms with Crippen LogP contribution in [0.25, 0.3) is 0 Å². The Kier molecular flexibility index (Phi) is 4.23. The number of amides is 1. The molecule has 0 bridgehead atoms. The van der Waals surface area contributed by atoms with Crippen molar-refractivity contribution in [1.82, 2.24) is 10.3 Å². The van der Waals surface area contributed by atoms with E-state index in [2.05, 4.69) is 17.2 Å². The van der Waals surface area contributed by atoms with E-state index in [9.17, 15) is 4.79 Å². The second kappa shape index (κ2) is 5.70. The van der Waals surface area contributed by atoms with Crippen molar-refractivity contribution in [1.29, 1.82) is 0 Å². The third kappa shape index (κ3) is 3.70. The highest BCUT2D eigenvalue weighted by molar-refractivity contribution is 6.29. The third-order valence-corrected chi connectivity index (χ3v) is 3.43. The first kappa shape index (κ1) is 13.3. The summed E-state index contributed by atoms with van der Waals surface area (Å²) in [4.78, 5) is 16.2. The maximum absolute atomic E-state index is 12.1. The average Bonchev–Trinajstić information content (AvgIpc) is 3.11. The minimum absolute atomic E-state index is 0.0536. The lowest BCUT2D eigenvalue weighted by Gasteiger charge is -2.13. The van der Waals surface area contributed by atoms with E-state index in [4.69, 9.17) is 11.6 Å². The topological polar surface area (TPSA) is 42.0 Å². The fraction of sp³-hybridized carbons (Fsp3) is 0.571. The van der Waals surface area contributed by atoms with Crippen LogP contribution in [0.2, 0.25) is 5.15 Å². The zero-order valence-electron chi connectivity index (χ0n) is 10.9. The Morgan fingerprint density at radius 1 is 1.56 bits per heavy atom. The SMILES string of the molecule is CCc1cc(C(=O)NC(C)CC2CC2)cc(Cl)n1. The van der Waals surface area contributed by atoms with Crippen molar-refractivity contribution in [3.63, 3.8) is 0 Å². The number of aromatic nitrogens is 1. The normalized spacial score (nSPS) is 16.4. The average molecular weight is 267 g/mol. The molecule has 1 heterocycles. The summed E-state index contributed by atoms with van der Waals surface area (Å²) < 4.78 is 0. The summed E-state index contributed by atoms with van der Waals surface area (Å²) in [5.41, 5.74) is 1.46. The van der Waals surface area contributed by atoms with Gasteiger partial charge in [-0.25, -0.2) is 4.98 Å². The van der Waals surface area contributed by atoms with Crippen LogP contribution in [0.4, 0.5) is 0 Å². The Labute approximate surface area is 113 Å². The molecule has 0 aromatic carbocycles. The van der Waals surface area contributed by atoms with Crippen LogP contribution < -0.4 is 5.32 Å². The van der Waals surface area contributed by atoms with Gasteiger partial charge in [-0.1, -0.05) is 31.4 Å². The fourth-order valence-corrected chi connectivity index (χ4v) is 2.31. The summed E-state index contributed by atoms with van der Waals surface area (Å²) in [5, 5.41) is 3.40. The van der Waals surface area contributed by atoms with E-state index in [1.54, 1.807) is 6.07 Å². The number of hydrogen-bond donors (Lipinski definition) is 1. The van der Waals surface area contributed by atoms with Gasteiger partial charge in [-0.3, -0.25) is 4.79 Å². The number of carbonyl (C=O) groups excluding carboxylic acids is 1. The number of nitrogens with zero attached hydrogens (tertiary/aromatic N) is 1. The first-order valence-corrected chi connectivity index (χ1v) is 6.93. The highest BCUT2D eigenvalue weighted by Crippen LogP contribution is 2.33. The monoisotopic (exact) mass is 266 g/mol. The highest BCUT2D eigenvalue weighted by atomic mass is 35.5. The van der Waals surface area contributed by atoms with E-state index in [-0.39, 0.29) is 11.9 Å². The number of pyridine rings is 1. The van der Waals surface area contributed by atoms with Gasteiger partial charge in [0.25, 0.3) is 5.91 Å². The molecule has 3 nitrogen and oxygen atoms in total. The van der Waals surface area contributed by atoms with E-state index in [0.717, 1.165) is 24.5 Å². The van der Waals surface area contributed by atoms with Crippen LogP contribution in [0.5, 0.6) is 0 Å². The molecular formula is C14H19ClN2O. The molecule has 98 valence electrons. The van der Waals surface area contributed by atoms with Gasteiger partial charge in [-0.15, -0.1) is 0 Å². The highest BCUT2D eigenvalue weighted by Gasteiger charge is 2.24. The fourth-order valence-electron chi connectivity index (χ4n) is 2.08. The van der Waals surface area contributed by atoms with Crippen LogP contribution in [0, 0.1) is 5.92 Å². The first-order valence-electron chi connectivity index (χ1n) is 6.55. The lowest BCUT2D eigenvalue weighted by Crippen LogP contribution is -2.33. The van der Waals surface area contributed by atoms with E-state index < -0.39 is 0 Å². The van der Waals surface area contributed by atoms with Crippen LogP contribution in [0.3, 0.4) is 0 Å². The summed E-state index contributed by atoms with van der Waals surface area (Å²) in [6, 6.07) is 3.66. The summed E-state index contributed by atoms with van der Waals surface area (Å²) in [6.07, 6.45) is 4.46. The number of halogens is 1. The molecule has 1 aromatic heterocycles. The van der Waals surface area contributed by atoms with Crippen molar-refractivity contribution < 1.29 is 4.79 Å². The standard InChI is InChI=1S/C14H19ClN2O/c1-3-12-7-11(8-13(15)17-12)14(18)16-9(2)6-10-4-5-10/h7-10H,3-6H2,1-2H3,(H,16,18). The van der Waals surface area contributed by atoms with Gasteiger partial charge >= 0.3 is 0 Å². The van der Waals surface area contributed by atoms with E-state index >= 15 is 0 Å². The molecule has 1 atom stereocenters. The van der Waals surface area contributed by atoms with Crippen LogP contribution in [-0.4, -0.2) is 16.9 Å². The third-order valence-electron chi connectivity index (χ3n) is 3.23. The predicted octanol–water partition coefficient (Wildman–Crippen LogP) is 3.22. The van der Waals surface area contributed by atoms with Crippen LogP contribution >= 0.6 is 11.6 Å². The van der Waals surface area contributed by atoms with Crippen molar-refractivity contribution in [2.24, 2.45) is 5.92 Å². The maximum Gasteiger partial charge on any atom is 0.251 e. The molecule has 1 saturated carbocycles. The number of hydrogen-bond acceptors (Lipinski definition) is 2. The lowest BCUT2D eigenvalue weighted by atomic mass is 10.1. The molecule has 1 amide bonds. The van der Waals surface area contributed by atoms with Crippen LogP contribution in [-0.2, 0) is 6.42 Å². The molecule has 2 rings (SSSR count). The molecule has 1 fully saturated rings. The lowest BCUT2D eigenvalue weighted by molar-refractivity contribution is 0.0937. The molecule has 1 aromatic rings. The van der Waals surface area contributed by atoms with Crippen molar-refractivity contribution in [2.75, 3.05) is 0 Å². The van der Waals surface area contributed by atoms with Crippen LogP contribution in [0.15, 0.2) is 12.1 Å². The summed E-state index contributed by atoms with van der Waals surface area (Å²) in [7, 11) is 0. The number of aryl methyl sites for hydroxylation is 1.